The highest BCUT2D eigenvalue weighted by atomic mass is 32.2. The third-order valence-electron chi connectivity index (χ3n) is 4.11. The van der Waals surface area contributed by atoms with Crippen LogP contribution >= 0.6 is 11.8 Å². The highest BCUT2D eigenvalue weighted by molar-refractivity contribution is 8.18. The van der Waals surface area contributed by atoms with E-state index in [0.29, 0.717) is 10.1 Å². The molecule has 1 aliphatic heterocycles. The Hall–Kier alpha value is -3.13. The Bertz CT molecular complexity index is 1030. The number of nitrogens with one attached hydrogen (secondary N) is 2. The molecule has 3 rings (SSSR count). The Labute approximate surface area is 166 Å². The molecular formula is C20H20N4O3S. The molecule has 0 fully saturated rings. The summed E-state index contributed by atoms with van der Waals surface area (Å²) >= 11 is 1.15. The van der Waals surface area contributed by atoms with Gasteiger partial charge >= 0.3 is 0 Å². The molecule has 0 saturated heterocycles. The average Bonchev–Trinajstić information content (AvgIpc) is 3.07. The monoisotopic (exact) mass is 396 g/mol. The van der Waals surface area contributed by atoms with Crippen LogP contribution in [0.4, 0.5) is 5.69 Å². The maximum absolute atomic E-state index is 12.1. The molecule has 0 saturated carbocycles. The first kappa shape index (κ1) is 19.6. The van der Waals surface area contributed by atoms with Gasteiger partial charge in [-0.2, -0.15) is 4.99 Å². The second kappa shape index (κ2) is 7.85. The zero-order chi connectivity index (χ0) is 20.4. The smallest absolute Gasteiger partial charge is 0.286 e. The molecular weight excluding hydrogens is 376 g/mol. The molecule has 1 aliphatic rings. The molecule has 144 valence electrons. The quantitative estimate of drug-likeness (QED) is 0.780. The average molecular weight is 396 g/mol. The van der Waals surface area contributed by atoms with Gasteiger partial charge in [0.15, 0.2) is 5.17 Å². The number of amidine groups is 1. The van der Waals surface area contributed by atoms with E-state index >= 15 is 0 Å². The van der Waals surface area contributed by atoms with Gasteiger partial charge in [-0.05, 0) is 67.6 Å². The number of hydrogen-bond acceptors (Lipinski definition) is 4. The van der Waals surface area contributed by atoms with E-state index in [9.17, 15) is 14.4 Å². The van der Waals surface area contributed by atoms with Gasteiger partial charge in [0.25, 0.3) is 5.91 Å². The van der Waals surface area contributed by atoms with E-state index in [0.717, 1.165) is 40.1 Å². The number of nitrogens with zero attached hydrogens (tertiary/aromatic N) is 2. The van der Waals surface area contributed by atoms with Crippen LogP contribution in [0, 0.1) is 13.8 Å². The van der Waals surface area contributed by atoms with E-state index in [1.54, 1.807) is 6.08 Å². The highest BCUT2D eigenvalue weighted by Gasteiger charge is 2.23. The molecule has 0 bridgehead atoms. The van der Waals surface area contributed by atoms with Crippen LogP contribution in [0.25, 0.3) is 11.8 Å². The molecule has 2 heterocycles. The molecule has 0 unspecified atom stereocenters. The molecule has 2 aromatic rings. The number of anilines is 1. The summed E-state index contributed by atoms with van der Waals surface area (Å²) in [6.45, 7) is 6.80. The second-order valence-corrected chi connectivity index (χ2v) is 7.43. The van der Waals surface area contributed by atoms with Gasteiger partial charge in [-0.25, -0.2) is 0 Å². The molecule has 1 aromatic heterocycles. The molecule has 8 heteroatoms. The number of aromatic nitrogens is 1. The lowest BCUT2D eigenvalue weighted by Gasteiger charge is -2.11. The predicted octanol–water partition coefficient (Wildman–Crippen LogP) is 3.16. The minimum atomic E-state index is -0.363. The van der Waals surface area contributed by atoms with E-state index in [2.05, 4.69) is 20.2 Å². The topological polar surface area (TPSA) is 92.6 Å². The van der Waals surface area contributed by atoms with Crippen molar-refractivity contribution in [2.45, 2.75) is 27.7 Å². The Morgan fingerprint density at radius 1 is 1.07 bits per heavy atom. The minimum absolute atomic E-state index is 0.116. The van der Waals surface area contributed by atoms with Gasteiger partial charge in [-0.1, -0.05) is 0 Å². The van der Waals surface area contributed by atoms with Crippen LogP contribution in [0.5, 0.6) is 0 Å². The van der Waals surface area contributed by atoms with Crippen LogP contribution in [0.15, 0.2) is 40.2 Å². The number of thioether (sulfide) groups is 1. The van der Waals surface area contributed by atoms with Crippen molar-refractivity contribution in [2.24, 2.45) is 4.99 Å². The minimum Gasteiger partial charge on any atom is -0.326 e. The molecule has 2 N–H and O–H groups in total. The lowest BCUT2D eigenvalue weighted by atomic mass is 10.2. The number of carbonyl (C=O) groups excluding carboxylic acids is 3. The van der Waals surface area contributed by atoms with E-state index in [1.165, 1.54) is 13.8 Å². The summed E-state index contributed by atoms with van der Waals surface area (Å²) in [5, 5.41) is 5.59. The molecule has 0 radical (unpaired) electrons. The van der Waals surface area contributed by atoms with Gasteiger partial charge in [0.05, 0.1) is 4.91 Å². The van der Waals surface area contributed by atoms with Crippen molar-refractivity contribution in [3.63, 3.8) is 0 Å². The zero-order valence-corrected chi connectivity index (χ0v) is 16.8. The van der Waals surface area contributed by atoms with Crippen molar-refractivity contribution in [2.75, 3.05) is 5.32 Å². The Morgan fingerprint density at radius 3 is 2.32 bits per heavy atom. The highest BCUT2D eigenvalue weighted by Crippen LogP contribution is 2.30. The summed E-state index contributed by atoms with van der Waals surface area (Å²) in [5.74, 6) is -0.742. The van der Waals surface area contributed by atoms with Gasteiger partial charge in [0.1, 0.15) is 0 Å². The molecule has 0 aliphatic carbocycles. The van der Waals surface area contributed by atoms with Crippen molar-refractivity contribution < 1.29 is 14.4 Å². The lowest BCUT2D eigenvalue weighted by Crippen LogP contribution is -2.23. The zero-order valence-electron chi connectivity index (χ0n) is 16.0. The lowest BCUT2D eigenvalue weighted by molar-refractivity contribution is -0.117. The SMILES string of the molecule is CC(=O)NC1=NC(=O)/C(=C\c2cc(C)n(-c3ccc(NC(C)=O)cc3)c2C)S1. The third-order valence-corrected chi connectivity index (χ3v) is 5.01. The fourth-order valence-corrected chi connectivity index (χ4v) is 3.83. The van der Waals surface area contributed by atoms with Crippen molar-refractivity contribution in [1.29, 1.82) is 0 Å². The van der Waals surface area contributed by atoms with Crippen LogP contribution in [-0.4, -0.2) is 27.5 Å². The molecule has 0 spiro atoms. The van der Waals surface area contributed by atoms with Crippen LogP contribution < -0.4 is 10.6 Å². The summed E-state index contributed by atoms with van der Waals surface area (Å²) in [6.07, 6.45) is 1.79. The number of benzene rings is 1. The first-order valence-corrected chi connectivity index (χ1v) is 9.43. The first-order chi connectivity index (χ1) is 13.2. The van der Waals surface area contributed by atoms with Crippen LogP contribution in [0.3, 0.4) is 0 Å². The van der Waals surface area contributed by atoms with Gasteiger partial charge < -0.3 is 15.2 Å². The summed E-state index contributed by atoms with van der Waals surface area (Å²) in [5.41, 5.74) is 4.57. The number of rotatable bonds is 3. The van der Waals surface area contributed by atoms with Crippen molar-refractivity contribution in [1.82, 2.24) is 9.88 Å². The third kappa shape index (κ3) is 4.23. The Balaban J connectivity index is 1.88. The summed E-state index contributed by atoms with van der Waals surface area (Å²) in [6, 6.07) is 9.54. The number of carbonyl (C=O) groups is 3. The number of aryl methyl sites for hydroxylation is 1. The van der Waals surface area contributed by atoms with Gasteiger partial charge in [0.2, 0.25) is 11.8 Å². The van der Waals surface area contributed by atoms with E-state index < -0.39 is 0 Å². The molecule has 1 aromatic carbocycles. The van der Waals surface area contributed by atoms with Gasteiger partial charge in [-0.3, -0.25) is 14.4 Å². The van der Waals surface area contributed by atoms with E-state index in [-0.39, 0.29) is 17.7 Å². The predicted molar refractivity (Wildman–Crippen MR) is 111 cm³/mol. The van der Waals surface area contributed by atoms with E-state index in [4.69, 9.17) is 0 Å². The van der Waals surface area contributed by atoms with Gasteiger partial charge in [-0.15, -0.1) is 0 Å². The normalized spacial score (nSPS) is 14.9. The van der Waals surface area contributed by atoms with Crippen LogP contribution in [-0.2, 0) is 14.4 Å². The Morgan fingerprint density at radius 2 is 1.71 bits per heavy atom. The maximum atomic E-state index is 12.1. The second-order valence-electron chi connectivity index (χ2n) is 6.40. The number of aliphatic imine (C=N–C) groups is 1. The Kier molecular flexibility index (Phi) is 5.51. The number of amides is 3. The van der Waals surface area contributed by atoms with Gasteiger partial charge in [0, 0.05) is 36.6 Å². The maximum Gasteiger partial charge on any atom is 0.286 e. The summed E-state index contributed by atoms with van der Waals surface area (Å²) in [7, 11) is 0. The van der Waals surface area contributed by atoms with Crippen LogP contribution in [0.2, 0.25) is 0 Å². The summed E-state index contributed by atoms with van der Waals surface area (Å²) in [4.78, 5) is 38.7. The molecule has 3 amide bonds. The van der Waals surface area contributed by atoms with Crippen LogP contribution in [0.1, 0.15) is 30.8 Å². The van der Waals surface area contributed by atoms with Crippen molar-refractivity contribution in [3.8, 4) is 5.69 Å². The standard InChI is InChI=1S/C20H20N4O3S/c1-11-9-15(10-18-19(27)23-20(28-18)22-14(4)26)12(2)24(11)17-7-5-16(6-8-17)21-13(3)25/h5-10H,1-4H3,(H,21,25)(H,22,23,26,27)/b18-10+. The van der Waals surface area contributed by atoms with Crippen molar-refractivity contribution >= 4 is 46.4 Å². The fraction of sp³-hybridized carbons (Fsp3) is 0.200. The largest absolute Gasteiger partial charge is 0.326 e. The molecule has 7 nitrogen and oxygen atoms in total. The van der Waals surface area contributed by atoms with E-state index in [1.807, 2.05) is 44.2 Å². The summed E-state index contributed by atoms with van der Waals surface area (Å²) < 4.78 is 2.07. The molecule has 28 heavy (non-hydrogen) atoms. The first-order valence-electron chi connectivity index (χ1n) is 8.61. The number of hydrogen-bond donors (Lipinski definition) is 2. The molecule has 0 atom stereocenters. The van der Waals surface area contributed by atoms with Crippen molar-refractivity contribution in [3.05, 3.63) is 52.2 Å². The fourth-order valence-electron chi connectivity index (χ4n) is 2.98.